The molecule has 0 aliphatic carbocycles. The predicted octanol–water partition coefficient (Wildman–Crippen LogP) is 4.44. The van der Waals surface area contributed by atoms with Gasteiger partial charge in [-0.2, -0.15) is 5.10 Å². The number of benzene rings is 2. The zero-order valence-electron chi connectivity index (χ0n) is 17.6. The van der Waals surface area contributed by atoms with Gasteiger partial charge in [-0.25, -0.2) is 18.7 Å². The first-order chi connectivity index (χ1) is 16.1. The lowest BCUT2D eigenvalue weighted by Crippen LogP contribution is -2.04. The summed E-state index contributed by atoms with van der Waals surface area (Å²) in [5.41, 5.74) is 2.30. The van der Waals surface area contributed by atoms with Gasteiger partial charge in [-0.05, 0) is 24.3 Å². The van der Waals surface area contributed by atoms with E-state index in [0.717, 1.165) is 11.6 Å². The summed E-state index contributed by atoms with van der Waals surface area (Å²) in [5.74, 6) is -0.0297. The molecule has 0 fully saturated rings. The fraction of sp³-hybridized carbons (Fsp3) is 0.130. The number of halogens is 2. The van der Waals surface area contributed by atoms with Crippen LogP contribution in [-0.4, -0.2) is 39.1 Å². The normalized spacial score (nSPS) is 11.2. The van der Waals surface area contributed by atoms with Gasteiger partial charge in [0, 0.05) is 17.7 Å². The highest BCUT2D eigenvalue weighted by Gasteiger charge is 2.19. The zero-order valence-corrected chi connectivity index (χ0v) is 17.6. The number of hydrogen-bond acceptors (Lipinski definition) is 7. The lowest BCUT2D eigenvalue weighted by molar-refractivity contribution is 0.371. The maximum Gasteiger partial charge on any atom is 0.169 e. The van der Waals surface area contributed by atoms with E-state index in [1.165, 1.54) is 18.3 Å². The molecule has 33 heavy (non-hydrogen) atoms. The van der Waals surface area contributed by atoms with E-state index in [1.54, 1.807) is 37.2 Å². The van der Waals surface area contributed by atoms with Crippen molar-refractivity contribution in [3.05, 3.63) is 72.3 Å². The van der Waals surface area contributed by atoms with Crippen molar-refractivity contribution in [2.24, 2.45) is 0 Å². The summed E-state index contributed by atoms with van der Waals surface area (Å²) in [7, 11) is 3.15. The summed E-state index contributed by atoms with van der Waals surface area (Å²) in [6, 6.07) is 11.1. The van der Waals surface area contributed by atoms with Gasteiger partial charge in [-0.15, -0.1) is 0 Å². The molecule has 1 aromatic heterocycles. The van der Waals surface area contributed by atoms with Crippen molar-refractivity contribution in [1.82, 2.24) is 24.9 Å². The molecule has 3 aromatic rings. The molecule has 0 amide bonds. The van der Waals surface area contributed by atoms with E-state index >= 15 is 0 Å². The third-order valence-corrected chi connectivity index (χ3v) is 5.07. The van der Waals surface area contributed by atoms with Crippen LogP contribution in [0.4, 0.5) is 8.78 Å². The van der Waals surface area contributed by atoms with E-state index in [2.05, 4.69) is 20.2 Å². The van der Waals surface area contributed by atoms with E-state index in [1.807, 2.05) is 12.1 Å². The van der Waals surface area contributed by atoms with Crippen molar-refractivity contribution < 1.29 is 22.8 Å². The number of rotatable bonds is 6. The van der Waals surface area contributed by atoms with Crippen molar-refractivity contribution in [2.75, 3.05) is 14.2 Å². The molecule has 10 heteroatoms. The topological polar surface area (TPSA) is 88.1 Å². The molecule has 2 aromatic carbocycles. The molecule has 0 bridgehead atoms. The highest BCUT2D eigenvalue weighted by Crippen LogP contribution is 2.33. The largest absolute Gasteiger partial charge is 0.497 e. The molecular weight excluding hydrogens is 432 g/mol. The van der Waals surface area contributed by atoms with Crippen LogP contribution in [-0.2, 0) is 6.54 Å². The molecule has 0 saturated carbocycles. The van der Waals surface area contributed by atoms with Gasteiger partial charge in [0.05, 0.1) is 32.2 Å². The van der Waals surface area contributed by atoms with Crippen LogP contribution in [0.3, 0.4) is 0 Å². The molecule has 0 unspecified atom stereocenters. The molecule has 2 aliphatic heterocycles. The highest BCUT2D eigenvalue weighted by atomic mass is 19.2. The van der Waals surface area contributed by atoms with E-state index in [-0.39, 0.29) is 17.9 Å². The molecular formula is C23H17F2N5O3. The Bertz CT molecular complexity index is 1420. The Kier molecular flexibility index (Phi) is 5.17. The Morgan fingerprint density at radius 1 is 0.939 bits per heavy atom. The second kappa shape index (κ2) is 8.30. The van der Waals surface area contributed by atoms with Crippen LogP contribution < -0.4 is 9.47 Å². The smallest absolute Gasteiger partial charge is 0.169 e. The first kappa shape index (κ1) is 20.6. The number of nitrogens with zero attached hydrogens (tertiary/aromatic N) is 5. The number of hydrogen-bond donors (Lipinski definition) is 0. The maximum atomic E-state index is 14.1. The third kappa shape index (κ3) is 3.86. The van der Waals surface area contributed by atoms with Crippen molar-refractivity contribution >= 4 is 0 Å². The van der Waals surface area contributed by atoms with Gasteiger partial charge in [0.25, 0.3) is 0 Å². The number of methoxy groups -OCH3 is 2. The van der Waals surface area contributed by atoms with E-state index in [4.69, 9.17) is 14.0 Å². The second-order valence-electron chi connectivity index (χ2n) is 7.14. The molecule has 0 saturated heterocycles. The van der Waals surface area contributed by atoms with Gasteiger partial charge in [0.2, 0.25) is 0 Å². The van der Waals surface area contributed by atoms with Crippen LogP contribution in [0.2, 0.25) is 0 Å². The maximum absolute atomic E-state index is 14.1. The zero-order chi connectivity index (χ0) is 22.9. The summed E-state index contributed by atoms with van der Waals surface area (Å²) in [6.45, 7) is 0.276. The SMILES string of the molecule is COc1ccc(-c2cc(Cn3cc4nc(-c5cccc(F)c5F)nc-4cn3)on2)c(OC)c1. The summed E-state index contributed by atoms with van der Waals surface area (Å²) >= 11 is 0. The summed E-state index contributed by atoms with van der Waals surface area (Å²) < 4.78 is 45.4. The van der Waals surface area contributed by atoms with E-state index in [0.29, 0.717) is 34.3 Å². The average Bonchev–Trinajstić information content (AvgIpc) is 3.47. The Hall–Kier alpha value is -4.34. The van der Waals surface area contributed by atoms with Crippen LogP contribution in [0.5, 0.6) is 11.5 Å². The first-order valence-corrected chi connectivity index (χ1v) is 9.88. The van der Waals surface area contributed by atoms with E-state index in [9.17, 15) is 8.78 Å². The van der Waals surface area contributed by atoms with E-state index < -0.39 is 11.6 Å². The number of ether oxygens (including phenoxy) is 2. The second-order valence-corrected chi connectivity index (χ2v) is 7.14. The van der Waals surface area contributed by atoms with Crippen LogP contribution in [0.1, 0.15) is 5.76 Å². The molecule has 8 nitrogen and oxygen atoms in total. The Labute approximate surface area is 186 Å². The number of aromatic nitrogens is 5. The Morgan fingerprint density at radius 3 is 2.61 bits per heavy atom. The monoisotopic (exact) mass is 449 g/mol. The molecule has 166 valence electrons. The Balaban J connectivity index is 1.41. The summed E-state index contributed by atoms with van der Waals surface area (Å²) in [5, 5.41) is 8.43. The number of fused-ring (bicyclic) bond motifs is 1. The van der Waals surface area contributed by atoms with Gasteiger partial charge >= 0.3 is 0 Å². The Morgan fingerprint density at radius 2 is 1.79 bits per heavy atom. The summed E-state index contributed by atoms with van der Waals surface area (Å²) in [6.07, 6.45) is 3.16. The van der Waals surface area contributed by atoms with Crippen LogP contribution in [0, 0.1) is 11.6 Å². The van der Waals surface area contributed by atoms with Crippen LogP contribution in [0.25, 0.3) is 34.0 Å². The lowest BCUT2D eigenvalue weighted by atomic mass is 10.1. The fourth-order valence-electron chi connectivity index (χ4n) is 3.43. The molecule has 0 atom stereocenters. The van der Waals surface area contributed by atoms with Crippen LogP contribution >= 0.6 is 0 Å². The molecule has 3 heterocycles. The minimum atomic E-state index is -0.989. The first-order valence-electron chi connectivity index (χ1n) is 9.88. The molecule has 0 N–H and O–H groups in total. The molecule has 0 spiro atoms. The fourth-order valence-corrected chi connectivity index (χ4v) is 3.43. The van der Waals surface area contributed by atoms with Gasteiger partial charge in [-0.3, -0.25) is 4.68 Å². The number of imidazole rings is 1. The van der Waals surface area contributed by atoms with Gasteiger partial charge < -0.3 is 14.0 Å². The lowest BCUT2D eigenvalue weighted by Gasteiger charge is -2.07. The molecule has 2 aliphatic rings. The van der Waals surface area contributed by atoms with Gasteiger partial charge in [0.1, 0.15) is 35.1 Å². The minimum Gasteiger partial charge on any atom is -0.497 e. The highest BCUT2D eigenvalue weighted by molar-refractivity contribution is 5.68. The van der Waals surface area contributed by atoms with Crippen molar-refractivity contribution in [1.29, 1.82) is 0 Å². The van der Waals surface area contributed by atoms with Crippen molar-refractivity contribution in [2.45, 2.75) is 6.54 Å². The van der Waals surface area contributed by atoms with Crippen molar-refractivity contribution in [3.8, 4) is 45.5 Å². The standard InChI is InChI=1S/C23H17F2N5O3/c1-31-13-6-7-15(21(9-13)32-2)18-8-14(33-29-18)11-30-12-20-19(10-26-30)27-23(28-20)16-4-3-5-17(24)22(16)25/h3-10,12H,11H2,1-2H3. The quantitative estimate of drug-likeness (QED) is 0.379. The van der Waals surface area contributed by atoms with Crippen LogP contribution in [0.15, 0.2) is 59.4 Å². The third-order valence-electron chi connectivity index (χ3n) is 5.07. The van der Waals surface area contributed by atoms with Crippen molar-refractivity contribution in [3.63, 3.8) is 0 Å². The summed E-state index contributed by atoms with van der Waals surface area (Å²) in [4.78, 5) is 8.58. The van der Waals surface area contributed by atoms with Gasteiger partial charge in [0.15, 0.2) is 23.2 Å². The average molecular weight is 449 g/mol. The molecule has 5 rings (SSSR count). The predicted molar refractivity (Wildman–Crippen MR) is 114 cm³/mol. The van der Waals surface area contributed by atoms with Gasteiger partial charge in [-0.1, -0.05) is 11.2 Å². The molecule has 0 radical (unpaired) electrons. The minimum absolute atomic E-state index is 0.00827.